The lowest BCUT2D eigenvalue weighted by atomic mass is 9.85. The Balaban J connectivity index is 2.03. The average Bonchev–Trinajstić information content (AvgIpc) is 2.68. The smallest absolute Gasteiger partial charge is 0.219 e. The number of nitrogens with zero attached hydrogens (tertiary/aromatic N) is 1. The van der Waals surface area contributed by atoms with Crippen LogP contribution in [0.15, 0.2) is 48.5 Å². The molecule has 0 N–H and O–H groups in total. The molecule has 0 aliphatic rings. The Morgan fingerprint density at radius 2 is 1.29 bits per heavy atom. The molecule has 0 bridgehead atoms. The van der Waals surface area contributed by atoms with Gasteiger partial charge in [-0.1, -0.05) is 38.1 Å². The molecule has 4 heteroatoms. The fourth-order valence-electron chi connectivity index (χ4n) is 3.76. The summed E-state index contributed by atoms with van der Waals surface area (Å²) >= 11 is 0. The Bertz CT molecular complexity index is 794. The fraction of sp³-hybridized carbons (Fsp3) is 0.519. The molecule has 31 heavy (non-hydrogen) atoms. The number of hydrogen-bond acceptors (Lipinski definition) is 3. The fourth-order valence-corrected chi connectivity index (χ4v) is 3.76. The van der Waals surface area contributed by atoms with Crippen LogP contribution in [0.25, 0.3) is 0 Å². The van der Waals surface area contributed by atoms with Gasteiger partial charge in [0.15, 0.2) is 0 Å². The van der Waals surface area contributed by atoms with Gasteiger partial charge in [0.05, 0.1) is 12.2 Å². The quantitative estimate of drug-likeness (QED) is 0.416. The molecule has 1 atom stereocenters. The second-order valence-electron chi connectivity index (χ2n) is 9.13. The van der Waals surface area contributed by atoms with Gasteiger partial charge in [-0.25, -0.2) is 0 Å². The van der Waals surface area contributed by atoms with Crippen LogP contribution in [0.5, 0.6) is 11.5 Å². The van der Waals surface area contributed by atoms with Crippen LogP contribution in [0.4, 0.5) is 0 Å². The molecule has 0 aromatic heterocycles. The highest BCUT2D eigenvalue weighted by atomic mass is 16.5. The Morgan fingerprint density at radius 3 is 1.71 bits per heavy atom. The van der Waals surface area contributed by atoms with Crippen LogP contribution in [0.1, 0.15) is 71.9 Å². The van der Waals surface area contributed by atoms with E-state index < -0.39 is 0 Å². The highest BCUT2D eigenvalue weighted by Crippen LogP contribution is 2.30. The van der Waals surface area contributed by atoms with Gasteiger partial charge < -0.3 is 14.4 Å². The van der Waals surface area contributed by atoms with Crippen LogP contribution in [-0.4, -0.2) is 29.6 Å². The Hall–Kier alpha value is -2.49. The van der Waals surface area contributed by atoms with Crippen LogP contribution >= 0.6 is 0 Å². The van der Waals surface area contributed by atoms with Crippen molar-refractivity contribution in [3.8, 4) is 11.5 Å². The highest BCUT2D eigenvalue weighted by Gasteiger charge is 2.19. The van der Waals surface area contributed by atoms with E-state index >= 15 is 0 Å². The molecule has 0 heterocycles. The maximum Gasteiger partial charge on any atom is 0.219 e. The lowest BCUT2D eigenvalue weighted by Crippen LogP contribution is -2.30. The maximum atomic E-state index is 12.3. The number of rotatable bonds is 11. The third kappa shape index (κ3) is 8.28. The Kier molecular flexibility index (Phi) is 9.42. The third-order valence-electron chi connectivity index (χ3n) is 5.31. The molecule has 0 aliphatic carbocycles. The van der Waals surface area contributed by atoms with Gasteiger partial charge in [0, 0.05) is 20.0 Å². The van der Waals surface area contributed by atoms with Crippen molar-refractivity contribution in [3.05, 3.63) is 59.7 Å². The summed E-state index contributed by atoms with van der Waals surface area (Å²) in [6.45, 7) is 15.6. The number of hydrogen-bond donors (Lipinski definition) is 0. The molecule has 1 amide bonds. The number of carbonyl (C=O) groups is 1. The summed E-state index contributed by atoms with van der Waals surface area (Å²) in [5.41, 5.74) is 2.41. The van der Waals surface area contributed by atoms with Crippen molar-refractivity contribution in [1.82, 2.24) is 4.90 Å². The lowest BCUT2D eigenvalue weighted by Gasteiger charge is -2.27. The summed E-state index contributed by atoms with van der Waals surface area (Å²) in [6, 6.07) is 16.5. The van der Waals surface area contributed by atoms with E-state index in [-0.39, 0.29) is 18.1 Å². The minimum atomic E-state index is 0.102. The first-order valence-corrected chi connectivity index (χ1v) is 11.4. The average molecular weight is 426 g/mol. The summed E-state index contributed by atoms with van der Waals surface area (Å²) in [5, 5.41) is 0. The molecule has 0 spiro atoms. The molecule has 2 aromatic carbocycles. The van der Waals surface area contributed by atoms with Crippen LogP contribution in [0.2, 0.25) is 0 Å². The van der Waals surface area contributed by atoms with Crippen molar-refractivity contribution < 1.29 is 14.3 Å². The van der Waals surface area contributed by atoms with E-state index in [1.54, 1.807) is 6.92 Å². The van der Waals surface area contributed by atoms with Gasteiger partial charge in [-0.15, -0.1) is 0 Å². The van der Waals surface area contributed by atoms with Crippen molar-refractivity contribution in [1.29, 1.82) is 0 Å². The topological polar surface area (TPSA) is 38.8 Å². The summed E-state index contributed by atoms with van der Waals surface area (Å²) < 4.78 is 11.5. The van der Waals surface area contributed by atoms with E-state index in [1.807, 2.05) is 69.0 Å². The molecule has 0 radical (unpaired) electrons. The second kappa shape index (κ2) is 11.8. The number of carbonyl (C=O) groups excluding carboxylic acids is 1. The van der Waals surface area contributed by atoms with Gasteiger partial charge in [0.1, 0.15) is 11.5 Å². The molecular weight excluding hydrogens is 386 g/mol. The molecule has 2 rings (SSSR count). The minimum Gasteiger partial charge on any atom is -0.491 e. The van der Waals surface area contributed by atoms with Crippen LogP contribution < -0.4 is 9.47 Å². The van der Waals surface area contributed by atoms with Crippen molar-refractivity contribution >= 4 is 5.91 Å². The summed E-state index contributed by atoms with van der Waals surface area (Å²) in [6.07, 6.45) is 1.25. The standard InChI is InChI=1S/C27H39NO3/c1-19(2)27(24-10-14-26(15-11-24)31-21(5)6)16-17-28(22(7)29)18-23-8-12-25(13-9-23)30-20(3)4/h8-15,19-21,27H,16-18H2,1-7H3/t27-/m0/s1. The SMILES string of the molecule is CC(=O)N(CC[C@H](c1ccc(OC(C)C)cc1)C(C)C)Cc1ccc(OC(C)C)cc1. The molecule has 0 saturated carbocycles. The van der Waals surface area contributed by atoms with Crippen molar-refractivity contribution in [3.63, 3.8) is 0 Å². The zero-order chi connectivity index (χ0) is 23.0. The summed E-state index contributed by atoms with van der Waals surface area (Å²) in [7, 11) is 0. The van der Waals surface area contributed by atoms with E-state index in [4.69, 9.17) is 9.47 Å². The van der Waals surface area contributed by atoms with Crippen molar-refractivity contribution in [2.45, 2.75) is 79.6 Å². The Labute approximate surface area is 188 Å². The van der Waals surface area contributed by atoms with Gasteiger partial charge in [-0.3, -0.25) is 4.79 Å². The molecular formula is C27H39NO3. The third-order valence-corrected chi connectivity index (χ3v) is 5.31. The largest absolute Gasteiger partial charge is 0.491 e. The molecule has 0 aliphatic heterocycles. The predicted molar refractivity (Wildman–Crippen MR) is 128 cm³/mol. The van der Waals surface area contributed by atoms with Crippen LogP contribution in [0, 0.1) is 5.92 Å². The van der Waals surface area contributed by atoms with E-state index in [0.717, 1.165) is 30.0 Å². The van der Waals surface area contributed by atoms with E-state index in [1.165, 1.54) is 5.56 Å². The van der Waals surface area contributed by atoms with Crippen molar-refractivity contribution in [2.75, 3.05) is 6.54 Å². The zero-order valence-corrected chi connectivity index (χ0v) is 20.2. The zero-order valence-electron chi connectivity index (χ0n) is 20.2. The molecule has 4 nitrogen and oxygen atoms in total. The first-order valence-electron chi connectivity index (χ1n) is 11.4. The minimum absolute atomic E-state index is 0.102. The first-order chi connectivity index (χ1) is 14.7. The normalized spacial score (nSPS) is 12.3. The van der Waals surface area contributed by atoms with Gasteiger partial charge in [-0.05, 0) is 81.3 Å². The van der Waals surface area contributed by atoms with E-state index in [9.17, 15) is 4.79 Å². The van der Waals surface area contributed by atoms with Gasteiger partial charge in [-0.2, -0.15) is 0 Å². The first kappa shape index (κ1) is 24.8. The lowest BCUT2D eigenvalue weighted by molar-refractivity contribution is -0.129. The highest BCUT2D eigenvalue weighted by molar-refractivity contribution is 5.73. The van der Waals surface area contributed by atoms with Gasteiger partial charge in [0.25, 0.3) is 0 Å². The monoisotopic (exact) mass is 425 g/mol. The maximum absolute atomic E-state index is 12.3. The number of amides is 1. The van der Waals surface area contributed by atoms with E-state index in [0.29, 0.717) is 18.4 Å². The van der Waals surface area contributed by atoms with Gasteiger partial charge >= 0.3 is 0 Å². The molecule has 0 fully saturated rings. The van der Waals surface area contributed by atoms with Gasteiger partial charge in [0.2, 0.25) is 5.91 Å². The molecule has 0 saturated heterocycles. The van der Waals surface area contributed by atoms with E-state index in [2.05, 4.69) is 26.0 Å². The van der Waals surface area contributed by atoms with Crippen molar-refractivity contribution in [2.24, 2.45) is 5.92 Å². The summed E-state index contributed by atoms with van der Waals surface area (Å²) in [4.78, 5) is 14.2. The Morgan fingerprint density at radius 1 is 0.806 bits per heavy atom. The second-order valence-corrected chi connectivity index (χ2v) is 9.13. The number of benzene rings is 2. The van der Waals surface area contributed by atoms with Crippen LogP contribution in [-0.2, 0) is 11.3 Å². The molecule has 170 valence electrons. The molecule has 0 unspecified atom stereocenters. The van der Waals surface area contributed by atoms with Crippen LogP contribution in [0.3, 0.4) is 0 Å². The summed E-state index contributed by atoms with van der Waals surface area (Å²) in [5.74, 6) is 2.73. The molecule has 2 aromatic rings. The number of ether oxygens (including phenoxy) is 2. The predicted octanol–water partition coefficient (Wildman–Crippen LogP) is 6.44.